The summed E-state index contributed by atoms with van der Waals surface area (Å²) in [5.41, 5.74) is 7.08. The number of hydrogen-bond acceptors (Lipinski definition) is 5. The van der Waals surface area contributed by atoms with E-state index < -0.39 is 5.91 Å². The smallest absolute Gasteiger partial charge is 0.291 e. The molecule has 3 aromatic rings. The van der Waals surface area contributed by atoms with Crippen molar-refractivity contribution in [1.82, 2.24) is 15.4 Å². The van der Waals surface area contributed by atoms with Crippen molar-refractivity contribution in [3.05, 3.63) is 77.2 Å². The van der Waals surface area contributed by atoms with E-state index in [1.165, 1.54) is 6.20 Å². The fraction of sp³-hybridized carbons (Fsp3) is 0.100. The van der Waals surface area contributed by atoms with E-state index >= 15 is 0 Å². The second-order valence-electron chi connectivity index (χ2n) is 5.96. The third-order valence-electron chi connectivity index (χ3n) is 3.65. The van der Waals surface area contributed by atoms with E-state index in [0.717, 1.165) is 22.3 Å². The molecule has 0 bridgehead atoms. The van der Waals surface area contributed by atoms with E-state index in [1.54, 1.807) is 36.7 Å². The fourth-order valence-corrected chi connectivity index (χ4v) is 2.55. The van der Waals surface area contributed by atoms with Crippen LogP contribution < -0.4 is 5.43 Å². The van der Waals surface area contributed by atoms with Crippen molar-refractivity contribution in [3.63, 3.8) is 0 Å². The monoisotopic (exact) mass is 346 g/mol. The largest absolute Gasteiger partial charge is 0.508 e. The number of phenolic OH excluding ortho intramolecular Hbond substituents is 1. The van der Waals surface area contributed by atoms with Crippen LogP contribution in [0.3, 0.4) is 0 Å². The number of carbonyl (C=O) groups is 1. The van der Waals surface area contributed by atoms with Crippen molar-refractivity contribution in [2.45, 2.75) is 13.8 Å². The molecule has 1 aromatic heterocycles. The zero-order valence-corrected chi connectivity index (χ0v) is 14.5. The van der Waals surface area contributed by atoms with Crippen LogP contribution in [0.2, 0.25) is 0 Å². The summed E-state index contributed by atoms with van der Waals surface area (Å²) in [4.78, 5) is 20.6. The Morgan fingerprint density at radius 3 is 2.46 bits per heavy atom. The highest BCUT2D eigenvalue weighted by Gasteiger charge is 2.09. The minimum absolute atomic E-state index is 0.160. The van der Waals surface area contributed by atoms with Crippen LogP contribution in [0.25, 0.3) is 11.3 Å². The van der Waals surface area contributed by atoms with Gasteiger partial charge in [0.2, 0.25) is 0 Å². The SMILES string of the molecule is Cc1cc(C)cc(/C=N/NC(=O)c2cncc(-c3ccc(O)cc3)n2)c1. The molecule has 0 atom stereocenters. The first-order valence-electron chi connectivity index (χ1n) is 8.04. The first kappa shape index (κ1) is 17.3. The number of nitrogens with zero attached hydrogens (tertiary/aromatic N) is 3. The third-order valence-corrected chi connectivity index (χ3v) is 3.65. The molecule has 26 heavy (non-hydrogen) atoms. The molecule has 0 fully saturated rings. The first-order chi connectivity index (χ1) is 12.5. The molecule has 0 aliphatic carbocycles. The summed E-state index contributed by atoms with van der Waals surface area (Å²) in [6, 6.07) is 12.6. The van der Waals surface area contributed by atoms with Crippen LogP contribution in [0, 0.1) is 13.8 Å². The second-order valence-corrected chi connectivity index (χ2v) is 5.96. The van der Waals surface area contributed by atoms with Crippen molar-refractivity contribution in [2.75, 3.05) is 0 Å². The second kappa shape index (κ2) is 7.57. The summed E-state index contributed by atoms with van der Waals surface area (Å²) < 4.78 is 0. The summed E-state index contributed by atoms with van der Waals surface area (Å²) >= 11 is 0. The molecule has 1 heterocycles. The van der Waals surface area contributed by atoms with Gasteiger partial charge in [-0.3, -0.25) is 9.78 Å². The van der Waals surface area contributed by atoms with Crippen molar-refractivity contribution in [3.8, 4) is 17.0 Å². The van der Waals surface area contributed by atoms with Crippen LogP contribution in [0.5, 0.6) is 5.75 Å². The number of hydrazone groups is 1. The van der Waals surface area contributed by atoms with Gasteiger partial charge in [-0.15, -0.1) is 0 Å². The fourth-order valence-electron chi connectivity index (χ4n) is 2.55. The number of phenols is 1. The van der Waals surface area contributed by atoms with Crippen molar-refractivity contribution in [1.29, 1.82) is 0 Å². The van der Waals surface area contributed by atoms with Gasteiger partial charge in [0.25, 0.3) is 5.91 Å². The van der Waals surface area contributed by atoms with Crippen LogP contribution >= 0.6 is 0 Å². The van der Waals surface area contributed by atoms with Crippen LogP contribution in [0.15, 0.2) is 60.0 Å². The zero-order chi connectivity index (χ0) is 18.5. The number of aromatic hydroxyl groups is 1. The molecule has 0 aliphatic heterocycles. The number of amides is 1. The Morgan fingerprint density at radius 1 is 1.08 bits per heavy atom. The molecule has 0 unspecified atom stereocenters. The van der Waals surface area contributed by atoms with Gasteiger partial charge in [-0.25, -0.2) is 10.4 Å². The van der Waals surface area contributed by atoms with Gasteiger partial charge in [0, 0.05) is 5.56 Å². The van der Waals surface area contributed by atoms with Crippen molar-refractivity contribution in [2.24, 2.45) is 5.10 Å². The maximum Gasteiger partial charge on any atom is 0.291 e. The Balaban J connectivity index is 1.73. The Morgan fingerprint density at radius 2 is 1.77 bits per heavy atom. The van der Waals surface area contributed by atoms with Crippen LogP contribution in [0.4, 0.5) is 0 Å². The lowest BCUT2D eigenvalue weighted by atomic mass is 10.1. The number of nitrogens with one attached hydrogen (secondary N) is 1. The molecule has 0 radical (unpaired) electrons. The summed E-state index contributed by atoms with van der Waals surface area (Å²) in [6.07, 6.45) is 4.53. The molecular weight excluding hydrogens is 328 g/mol. The normalized spacial score (nSPS) is 10.8. The molecule has 1 amide bonds. The average molecular weight is 346 g/mol. The standard InChI is InChI=1S/C20H18N4O2/c1-13-7-14(2)9-15(8-13)10-22-24-20(26)19-12-21-11-18(23-19)16-3-5-17(25)6-4-16/h3-12,25H,1-2H3,(H,24,26)/b22-10+. The number of carbonyl (C=O) groups excluding carboxylic acids is 1. The van der Waals surface area contributed by atoms with Gasteiger partial charge < -0.3 is 5.11 Å². The molecule has 0 saturated heterocycles. The topological polar surface area (TPSA) is 87.5 Å². The molecule has 6 nitrogen and oxygen atoms in total. The Kier molecular flexibility index (Phi) is 5.03. The van der Waals surface area contributed by atoms with E-state index in [4.69, 9.17) is 0 Å². The van der Waals surface area contributed by atoms with Crippen LogP contribution in [0.1, 0.15) is 27.2 Å². The van der Waals surface area contributed by atoms with Gasteiger partial charge in [-0.2, -0.15) is 5.10 Å². The van der Waals surface area contributed by atoms with Gasteiger partial charge in [0.15, 0.2) is 0 Å². The Hall–Kier alpha value is -3.54. The lowest BCUT2D eigenvalue weighted by Crippen LogP contribution is -2.19. The van der Waals surface area contributed by atoms with E-state index in [1.807, 2.05) is 26.0 Å². The average Bonchev–Trinajstić information content (AvgIpc) is 2.61. The molecule has 0 spiro atoms. The van der Waals surface area contributed by atoms with Gasteiger partial charge in [-0.05, 0) is 43.7 Å². The van der Waals surface area contributed by atoms with Gasteiger partial charge >= 0.3 is 0 Å². The molecule has 0 saturated carbocycles. The number of aromatic nitrogens is 2. The summed E-state index contributed by atoms with van der Waals surface area (Å²) in [5.74, 6) is -0.282. The highest BCUT2D eigenvalue weighted by Crippen LogP contribution is 2.19. The number of aryl methyl sites for hydroxylation is 2. The summed E-state index contributed by atoms with van der Waals surface area (Å²) in [5, 5.41) is 13.3. The highest BCUT2D eigenvalue weighted by molar-refractivity contribution is 5.93. The van der Waals surface area contributed by atoms with Gasteiger partial charge in [-0.1, -0.05) is 29.3 Å². The lowest BCUT2D eigenvalue weighted by molar-refractivity contribution is 0.0950. The van der Waals surface area contributed by atoms with Crippen molar-refractivity contribution < 1.29 is 9.90 Å². The van der Waals surface area contributed by atoms with Gasteiger partial charge in [0.1, 0.15) is 11.4 Å². The predicted octanol–water partition coefficient (Wildman–Crippen LogP) is 3.23. The predicted molar refractivity (Wildman–Crippen MR) is 100 cm³/mol. The number of hydrogen-bond donors (Lipinski definition) is 2. The summed E-state index contributed by atoms with van der Waals surface area (Å²) in [7, 11) is 0. The van der Waals surface area contributed by atoms with Crippen LogP contribution in [-0.2, 0) is 0 Å². The minimum atomic E-state index is -0.446. The Bertz CT molecular complexity index is 946. The maximum absolute atomic E-state index is 12.2. The van der Waals surface area contributed by atoms with Gasteiger partial charge in [0.05, 0.1) is 24.3 Å². The van der Waals surface area contributed by atoms with E-state index in [0.29, 0.717) is 5.69 Å². The highest BCUT2D eigenvalue weighted by atomic mass is 16.3. The lowest BCUT2D eigenvalue weighted by Gasteiger charge is -2.04. The number of benzene rings is 2. The van der Waals surface area contributed by atoms with E-state index in [9.17, 15) is 9.90 Å². The van der Waals surface area contributed by atoms with E-state index in [2.05, 4.69) is 26.6 Å². The molecule has 6 heteroatoms. The third kappa shape index (κ3) is 4.30. The maximum atomic E-state index is 12.2. The summed E-state index contributed by atoms with van der Waals surface area (Å²) in [6.45, 7) is 4.01. The minimum Gasteiger partial charge on any atom is -0.508 e. The zero-order valence-electron chi connectivity index (χ0n) is 14.5. The molecule has 2 N–H and O–H groups in total. The molecule has 2 aromatic carbocycles. The van der Waals surface area contributed by atoms with Crippen molar-refractivity contribution >= 4 is 12.1 Å². The number of rotatable bonds is 4. The van der Waals surface area contributed by atoms with Crippen LogP contribution in [-0.4, -0.2) is 27.2 Å². The molecule has 130 valence electrons. The molecule has 3 rings (SSSR count). The molecular formula is C20H18N4O2. The molecule has 0 aliphatic rings. The Labute approximate surface area is 151 Å². The van der Waals surface area contributed by atoms with E-state index in [-0.39, 0.29) is 11.4 Å². The quantitative estimate of drug-likeness (QED) is 0.561. The first-order valence-corrected chi connectivity index (χ1v) is 8.04.